The summed E-state index contributed by atoms with van der Waals surface area (Å²) >= 11 is 6.05. The van der Waals surface area contributed by atoms with E-state index in [2.05, 4.69) is 20.6 Å². The van der Waals surface area contributed by atoms with E-state index in [1.807, 2.05) is 35.1 Å². The minimum absolute atomic E-state index is 0.0329. The molecule has 158 valence electrons. The number of rotatable bonds is 9. The summed E-state index contributed by atoms with van der Waals surface area (Å²) in [6.07, 6.45) is 4.54. The third-order valence-corrected chi connectivity index (χ3v) is 5.05. The topological polar surface area (TPSA) is 81.9 Å². The predicted molar refractivity (Wildman–Crippen MR) is 121 cm³/mol. The maximum Gasteiger partial charge on any atom is 0.159 e. The summed E-state index contributed by atoms with van der Waals surface area (Å²) in [6.45, 7) is 3.39. The fourth-order valence-corrected chi connectivity index (χ4v) is 3.36. The Morgan fingerprint density at radius 3 is 2.81 bits per heavy atom. The van der Waals surface area contributed by atoms with Crippen LogP contribution in [0, 0.1) is 0 Å². The molecule has 0 bridgehead atoms. The first-order valence-electron chi connectivity index (χ1n) is 9.99. The normalized spacial score (nSPS) is 10.9. The Balaban J connectivity index is 1.25. The second kappa shape index (κ2) is 9.57. The molecular weight excluding hydrogens is 414 g/mol. The molecule has 0 atom stereocenters. The van der Waals surface area contributed by atoms with Crippen molar-refractivity contribution in [1.82, 2.24) is 20.0 Å². The lowest BCUT2D eigenvalue weighted by Gasteiger charge is -2.09. The van der Waals surface area contributed by atoms with Crippen LogP contribution in [0.5, 0.6) is 5.75 Å². The Labute approximate surface area is 185 Å². The van der Waals surface area contributed by atoms with Crippen molar-refractivity contribution in [3.63, 3.8) is 0 Å². The maximum atomic E-state index is 11.3. The number of nitrogens with one attached hydrogen (secondary N) is 1. The number of anilines is 1. The molecule has 31 heavy (non-hydrogen) atoms. The summed E-state index contributed by atoms with van der Waals surface area (Å²) in [7, 11) is 0. The highest BCUT2D eigenvalue weighted by atomic mass is 35.5. The quantitative estimate of drug-likeness (QED) is 0.301. The fourth-order valence-electron chi connectivity index (χ4n) is 3.20. The smallest absolute Gasteiger partial charge is 0.159 e. The summed E-state index contributed by atoms with van der Waals surface area (Å²) in [6, 6.07) is 14.7. The molecule has 7 nitrogen and oxygen atoms in total. The summed E-state index contributed by atoms with van der Waals surface area (Å²) in [4.78, 5) is 15.7. The number of carbonyl (C=O) groups is 1. The number of halogens is 1. The number of pyridine rings is 1. The van der Waals surface area contributed by atoms with Gasteiger partial charge in [0.05, 0.1) is 11.7 Å². The predicted octanol–water partition coefficient (Wildman–Crippen LogP) is 4.76. The lowest BCUT2D eigenvalue weighted by Crippen LogP contribution is -2.07. The minimum Gasteiger partial charge on any atom is -0.487 e. The highest BCUT2D eigenvalue weighted by molar-refractivity contribution is 6.31. The third-order valence-electron chi connectivity index (χ3n) is 4.82. The molecule has 2 aromatic heterocycles. The first-order valence-corrected chi connectivity index (χ1v) is 10.4. The molecule has 2 heterocycles. The van der Waals surface area contributed by atoms with Crippen molar-refractivity contribution in [3.8, 4) is 5.75 Å². The Morgan fingerprint density at radius 2 is 2.00 bits per heavy atom. The molecule has 0 aliphatic rings. The molecule has 8 heteroatoms. The number of carbonyl (C=O) groups excluding carboxylic acids is 1. The zero-order valence-corrected chi connectivity index (χ0v) is 17.8. The first kappa shape index (κ1) is 20.8. The molecule has 4 aromatic rings. The van der Waals surface area contributed by atoms with Crippen LogP contribution in [-0.2, 0) is 13.2 Å². The van der Waals surface area contributed by atoms with Crippen LogP contribution in [0.15, 0.2) is 60.9 Å². The third kappa shape index (κ3) is 5.38. The molecule has 0 saturated heterocycles. The number of Topliss-reactive ketones (excluding diaryl/α,β-unsaturated/α-hetero) is 1. The largest absolute Gasteiger partial charge is 0.487 e. The van der Waals surface area contributed by atoms with Gasteiger partial charge in [-0.15, -0.1) is 5.10 Å². The molecule has 2 aromatic carbocycles. The number of fused-ring (bicyclic) bond motifs is 1. The number of benzene rings is 2. The monoisotopic (exact) mass is 435 g/mol. The molecule has 0 radical (unpaired) electrons. The number of ketones is 1. The van der Waals surface area contributed by atoms with Crippen molar-refractivity contribution >= 4 is 34.0 Å². The number of hydrogen-bond acceptors (Lipinski definition) is 6. The summed E-state index contributed by atoms with van der Waals surface area (Å²) < 4.78 is 7.53. The Morgan fingerprint density at radius 1 is 1.16 bits per heavy atom. The molecule has 0 aliphatic carbocycles. The molecule has 0 aliphatic heterocycles. The highest BCUT2D eigenvalue weighted by Gasteiger charge is 2.05. The molecular formula is C23H22ClN5O2. The molecule has 0 spiro atoms. The zero-order valence-electron chi connectivity index (χ0n) is 17.1. The minimum atomic E-state index is 0.0329. The van der Waals surface area contributed by atoms with Gasteiger partial charge in [-0.05, 0) is 61.9 Å². The van der Waals surface area contributed by atoms with Gasteiger partial charge in [0.1, 0.15) is 18.1 Å². The van der Waals surface area contributed by atoms with Crippen LogP contribution >= 0.6 is 11.6 Å². The average Bonchev–Trinajstić information content (AvgIpc) is 3.23. The van der Waals surface area contributed by atoms with Crippen LogP contribution in [0.2, 0.25) is 5.02 Å². The van der Waals surface area contributed by atoms with Crippen molar-refractivity contribution in [2.24, 2.45) is 0 Å². The molecule has 0 unspecified atom stereocenters. The van der Waals surface area contributed by atoms with Crippen molar-refractivity contribution in [1.29, 1.82) is 0 Å². The van der Waals surface area contributed by atoms with Gasteiger partial charge in [-0.2, -0.15) is 0 Å². The zero-order chi connectivity index (χ0) is 21.6. The van der Waals surface area contributed by atoms with Gasteiger partial charge in [-0.25, -0.2) is 0 Å². The van der Waals surface area contributed by atoms with Gasteiger partial charge in [0.2, 0.25) is 0 Å². The van der Waals surface area contributed by atoms with Crippen molar-refractivity contribution in [2.45, 2.75) is 26.5 Å². The van der Waals surface area contributed by atoms with Crippen LogP contribution in [0.3, 0.4) is 0 Å². The van der Waals surface area contributed by atoms with Gasteiger partial charge in [0.15, 0.2) is 5.78 Å². The van der Waals surface area contributed by atoms with E-state index < -0.39 is 0 Å². The van der Waals surface area contributed by atoms with Crippen LogP contribution in [-0.4, -0.2) is 32.3 Å². The van der Waals surface area contributed by atoms with Crippen LogP contribution in [0.4, 0.5) is 5.69 Å². The van der Waals surface area contributed by atoms with Crippen molar-refractivity contribution in [2.75, 3.05) is 11.9 Å². The standard InChI is InChI=1S/C23H22ClN5O2/c1-16(30)17-3-6-20(7-4-17)31-15-19-14-29(28-27-19)12-2-10-25-22-9-11-26-23-13-18(24)5-8-21(22)23/h3-9,11,13-14H,2,10,12,15H2,1H3,(H,25,26). The van der Waals surface area contributed by atoms with E-state index in [0.717, 1.165) is 41.8 Å². The van der Waals surface area contributed by atoms with E-state index in [4.69, 9.17) is 16.3 Å². The van der Waals surface area contributed by atoms with E-state index >= 15 is 0 Å². The second-order valence-electron chi connectivity index (χ2n) is 7.14. The van der Waals surface area contributed by atoms with E-state index in [0.29, 0.717) is 22.9 Å². The lowest BCUT2D eigenvalue weighted by atomic mass is 10.1. The second-order valence-corrected chi connectivity index (χ2v) is 7.58. The summed E-state index contributed by atoms with van der Waals surface area (Å²) in [5, 5.41) is 13.5. The molecule has 0 saturated carbocycles. The Bertz CT molecular complexity index is 1190. The van der Waals surface area contributed by atoms with E-state index in [1.54, 1.807) is 37.4 Å². The number of aromatic nitrogens is 4. The van der Waals surface area contributed by atoms with E-state index in [-0.39, 0.29) is 5.78 Å². The SMILES string of the molecule is CC(=O)c1ccc(OCc2cn(CCCNc3ccnc4cc(Cl)ccc34)nn2)cc1. The van der Waals surface area contributed by atoms with Crippen LogP contribution in [0.1, 0.15) is 29.4 Å². The molecule has 1 N–H and O–H groups in total. The summed E-state index contributed by atoms with van der Waals surface area (Å²) in [5.41, 5.74) is 3.32. The molecule has 0 amide bonds. The van der Waals surface area contributed by atoms with Crippen LogP contribution < -0.4 is 10.1 Å². The molecule has 0 fully saturated rings. The maximum absolute atomic E-state index is 11.3. The number of hydrogen-bond donors (Lipinski definition) is 1. The van der Waals surface area contributed by atoms with Crippen molar-refractivity contribution < 1.29 is 9.53 Å². The number of nitrogens with zero attached hydrogens (tertiary/aromatic N) is 4. The van der Waals surface area contributed by atoms with Gasteiger partial charge < -0.3 is 10.1 Å². The average molecular weight is 436 g/mol. The highest BCUT2D eigenvalue weighted by Crippen LogP contribution is 2.24. The Kier molecular flexibility index (Phi) is 6.43. The lowest BCUT2D eigenvalue weighted by molar-refractivity contribution is 0.101. The Hall–Kier alpha value is -3.45. The summed E-state index contributed by atoms with van der Waals surface area (Å²) in [5.74, 6) is 0.722. The number of ether oxygens (including phenoxy) is 1. The molecule has 4 rings (SSSR count). The van der Waals surface area contributed by atoms with Gasteiger partial charge in [0.25, 0.3) is 0 Å². The van der Waals surface area contributed by atoms with Crippen LogP contribution in [0.25, 0.3) is 10.9 Å². The van der Waals surface area contributed by atoms with E-state index in [1.165, 1.54) is 0 Å². The van der Waals surface area contributed by atoms with Crippen molar-refractivity contribution in [3.05, 3.63) is 77.2 Å². The first-order chi connectivity index (χ1) is 15.1. The van der Waals surface area contributed by atoms with Gasteiger partial charge >= 0.3 is 0 Å². The van der Waals surface area contributed by atoms with Gasteiger partial charge in [-0.1, -0.05) is 16.8 Å². The fraction of sp³-hybridized carbons (Fsp3) is 0.217. The van der Waals surface area contributed by atoms with Gasteiger partial charge in [0, 0.05) is 40.9 Å². The van der Waals surface area contributed by atoms with Gasteiger partial charge in [-0.3, -0.25) is 14.5 Å². The van der Waals surface area contributed by atoms with E-state index in [9.17, 15) is 4.79 Å². The number of aryl methyl sites for hydroxylation is 1.